The quantitative estimate of drug-likeness (QED) is 0.169. The Balaban J connectivity index is 1.07. The summed E-state index contributed by atoms with van der Waals surface area (Å²) < 4.78 is 4.99. The van der Waals surface area contributed by atoms with E-state index in [1.807, 2.05) is 60.7 Å². The maximum atomic E-state index is 5.04. The van der Waals surface area contributed by atoms with Gasteiger partial charge in [0.25, 0.3) is 0 Å². The summed E-state index contributed by atoms with van der Waals surface area (Å²) in [6, 6.07) is 71.1. The highest BCUT2D eigenvalue weighted by molar-refractivity contribution is 6.21. The molecule has 5 heteroatoms. The number of hydrogen-bond acceptors (Lipinski definition) is 3. The van der Waals surface area contributed by atoms with E-state index >= 15 is 0 Å². The first-order valence-corrected chi connectivity index (χ1v) is 20.9. The summed E-state index contributed by atoms with van der Waals surface area (Å²) in [5, 5.41) is 3.77. The molecule has 0 spiro atoms. The van der Waals surface area contributed by atoms with Gasteiger partial charge in [-0.25, -0.2) is 15.0 Å². The Morgan fingerprint density at radius 1 is 0.393 bits per heavy atom. The summed E-state index contributed by atoms with van der Waals surface area (Å²) in [6.07, 6.45) is 0. The van der Waals surface area contributed by atoms with Gasteiger partial charge in [0.05, 0.1) is 22.2 Å². The van der Waals surface area contributed by atoms with Crippen LogP contribution in [0.3, 0.4) is 0 Å². The average Bonchev–Trinajstić information content (AvgIpc) is 3.94. The van der Waals surface area contributed by atoms with Gasteiger partial charge < -0.3 is 9.13 Å². The molecule has 1 aliphatic rings. The molecule has 61 heavy (non-hydrogen) atoms. The first kappa shape index (κ1) is 35.1. The molecule has 0 bridgehead atoms. The van der Waals surface area contributed by atoms with Gasteiger partial charge in [-0.1, -0.05) is 172 Å². The maximum Gasteiger partial charge on any atom is 0.164 e. The Morgan fingerprint density at radius 2 is 0.934 bits per heavy atom. The zero-order valence-electron chi connectivity index (χ0n) is 33.8. The first-order valence-electron chi connectivity index (χ1n) is 20.9. The minimum Gasteiger partial charge on any atom is -0.309 e. The van der Waals surface area contributed by atoms with Crippen LogP contribution in [0.5, 0.6) is 0 Å². The molecule has 3 aromatic heterocycles. The summed E-state index contributed by atoms with van der Waals surface area (Å²) >= 11 is 0. The number of aromatic nitrogens is 5. The van der Waals surface area contributed by atoms with Crippen molar-refractivity contribution in [3.63, 3.8) is 0 Å². The average molecular weight is 782 g/mol. The molecular weight excluding hydrogens is 743 g/mol. The lowest BCUT2D eigenvalue weighted by Gasteiger charge is -2.22. The van der Waals surface area contributed by atoms with Crippen LogP contribution in [0.1, 0.15) is 25.0 Å². The largest absolute Gasteiger partial charge is 0.309 e. The molecule has 11 aromatic rings. The van der Waals surface area contributed by atoms with Gasteiger partial charge in [0, 0.05) is 55.2 Å². The Morgan fingerprint density at radius 3 is 1.66 bits per heavy atom. The van der Waals surface area contributed by atoms with Crippen molar-refractivity contribution in [2.75, 3.05) is 0 Å². The SMILES string of the molecule is CC1(C)c2ccccc2-c2c1c1c(ccc3c4ccccc4n(-c4cccc(-c5cccc(-c6nc(-c7ccccc7)nc(-c7ccccc7)n6)c5)c4)c31)n2-c1ccccc1. The third-order valence-electron chi connectivity index (χ3n) is 12.5. The molecule has 0 amide bonds. The normalized spacial score (nSPS) is 12.9. The Hall–Kier alpha value is -7.89. The molecule has 0 atom stereocenters. The predicted molar refractivity (Wildman–Crippen MR) is 250 cm³/mol. The topological polar surface area (TPSA) is 48.5 Å². The van der Waals surface area contributed by atoms with E-state index in [9.17, 15) is 0 Å². The molecule has 288 valence electrons. The summed E-state index contributed by atoms with van der Waals surface area (Å²) in [7, 11) is 0. The van der Waals surface area contributed by atoms with Crippen molar-refractivity contribution in [1.29, 1.82) is 0 Å². The van der Waals surface area contributed by atoms with Crippen LogP contribution in [0.15, 0.2) is 200 Å². The second-order valence-electron chi connectivity index (χ2n) is 16.4. The highest BCUT2D eigenvalue weighted by Gasteiger charge is 2.41. The monoisotopic (exact) mass is 781 g/mol. The van der Waals surface area contributed by atoms with Gasteiger partial charge in [-0.15, -0.1) is 0 Å². The van der Waals surface area contributed by atoms with Gasteiger partial charge in [-0.3, -0.25) is 0 Å². The van der Waals surface area contributed by atoms with Crippen LogP contribution in [-0.2, 0) is 5.41 Å². The molecule has 0 N–H and O–H groups in total. The van der Waals surface area contributed by atoms with Crippen LogP contribution >= 0.6 is 0 Å². The van der Waals surface area contributed by atoms with Crippen molar-refractivity contribution < 1.29 is 0 Å². The van der Waals surface area contributed by atoms with Gasteiger partial charge in [0.1, 0.15) is 0 Å². The lowest BCUT2D eigenvalue weighted by molar-refractivity contribution is 0.666. The zero-order valence-corrected chi connectivity index (χ0v) is 33.8. The van der Waals surface area contributed by atoms with Crippen molar-refractivity contribution in [2.45, 2.75) is 19.3 Å². The van der Waals surface area contributed by atoms with Crippen LogP contribution in [0.4, 0.5) is 0 Å². The van der Waals surface area contributed by atoms with E-state index in [0.29, 0.717) is 17.5 Å². The van der Waals surface area contributed by atoms with E-state index in [4.69, 9.17) is 15.0 Å². The van der Waals surface area contributed by atoms with Crippen LogP contribution in [0.2, 0.25) is 0 Å². The number of benzene rings is 8. The standard InChI is InChI=1S/C56H39N5/c1-56(2)46-30-14-12-29-45(46)52-50(56)49-48(60(52)41-25-10-5-11-26-41)33-32-44-43-28-13-15-31-47(43)61(51(44)49)42-27-17-23-39(35-42)38-22-16-24-40(34-38)55-58-53(36-18-6-3-7-19-36)57-54(59-55)37-20-8-4-9-21-37/h3-35H,1-2H3. The van der Waals surface area contributed by atoms with Gasteiger partial charge in [0.2, 0.25) is 0 Å². The first-order chi connectivity index (χ1) is 30.0. The molecule has 0 radical (unpaired) electrons. The molecule has 5 nitrogen and oxygen atoms in total. The van der Waals surface area contributed by atoms with E-state index in [0.717, 1.165) is 39.2 Å². The van der Waals surface area contributed by atoms with Crippen LogP contribution in [-0.4, -0.2) is 24.1 Å². The van der Waals surface area contributed by atoms with Gasteiger partial charge in [-0.2, -0.15) is 0 Å². The van der Waals surface area contributed by atoms with Crippen molar-refractivity contribution >= 4 is 32.7 Å². The second-order valence-corrected chi connectivity index (χ2v) is 16.4. The number of para-hydroxylation sites is 2. The zero-order chi connectivity index (χ0) is 40.7. The molecule has 12 rings (SSSR count). The minimum atomic E-state index is -0.224. The fraction of sp³-hybridized carbons (Fsp3) is 0.0536. The fourth-order valence-corrected chi connectivity index (χ4v) is 9.78. The Bertz CT molecular complexity index is 3430. The molecule has 0 saturated carbocycles. The Labute approximate surface area is 353 Å². The van der Waals surface area contributed by atoms with Gasteiger partial charge >= 0.3 is 0 Å². The van der Waals surface area contributed by atoms with Gasteiger partial charge in [0.15, 0.2) is 17.5 Å². The lowest BCUT2D eigenvalue weighted by atomic mass is 9.81. The van der Waals surface area contributed by atoms with E-state index in [1.54, 1.807) is 0 Å². The van der Waals surface area contributed by atoms with E-state index in [1.165, 1.54) is 55.1 Å². The number of fused-ring (bicyclic) bond motifs is 9. The summed E-state index contributed by atoms with van der Waals surface area (Å²) in [6.45, 7) is 4.79. The third-order valence-corrected chi connectivity index (χ3v) is 12.5. The predicted octanol–water partition coefficient (Wildman–Crippen LogP) is 13.9. The minimum absolute atomic E-state index is 0.224. The summed E-state index contributed by atoms with van der Waals surface area (Å²) in [4.78, 5) is 15.0. The summed E-state index contributed by atoms with van der Waals surface area (Å²) in [5.74, 6) is 1.93. The van der Waals surface area contributed by atoms with Gasteiger partial charge in [-0.05, 0) is 64.7 Å². The van der Waals surface area contributed by atoms with Crippen LogP contribution in [0, 0.1) is 0 Å². The maximum absolute atomic E-state index is 5.04. The smallest absolute Gasteiger partial charge is 0.164 e. The molecule has 8 aromatic carbocycles. The van der Waals surface area contributed by atoms with Crippen molar-refractivity contribution in [2.24, 2.45) is 0 Å². The molecule has 3 heterocycles. The number of nitrogens with zero attached hydrogens (tertiary/aromatic N) is 5. The highest BCUT2D eigenvalue weighted by atomic mass is 15.0. The van der Waals surface area contributed by atoms with Crippen molar-refractivity contribution in [1.82, 2.24) is 24.1 Å². The second kappa shape index (κ2) is 13.6. The fourth-order valence-electron chi connectivity index (χ4n) is 9.78. The molecule has 0 saturated heterocycles. The molecule has 0 aliphatic heterocycles. The molecule has 0 fully saturated rings. The molecular formula is C56H39N5. The molecule has 0 unspecified atom stereocenters. The molecule has 1 aliphatic carbocycles. The lowest BCUT2D eigenvalue weighted by Crippen LogP contribution is -2.15. The highest BCUT2D eigenvalue weighted by Crippen LogP contribution is 2.55. The van der Waals surface area contributed by atoms with Crippen molar-refractivity contribution in [3.8, 4) is 67.9 Å². The van der Waals surface area contributed by atoms with Crippen LogP contribution in [0.25, 0.3) is 101 Å². The third kappa shape index (κ3) is 5.44. The number of hydrogen-bond donors (Lipinski definition) is 0. The van der Waals surface area contributed by atoms with E-state index < -0.39 is 0 Å². The van der Waals surface area contributed by atoms with E-state index in [2.05, 4.69) is 163 Å². The Kier molecular flexibility index (Phi) is 7.81. The van der Waals surface area contributed by atoms with Crippen molar-refractivity contribution in [3.05, 3.63) is 211 Å². The number of rotatable bonds is 6. The summed E-state index contributed by atoms with van der Waals surface area (Å²) in [5.41, 5.74) is 16.0. The van der Waals surface area contributed by atoms with Crippen LogP contribution < -0.4 is 0 Å². The van der Waals surface area contributed by atoms with E-state index in [-0.39, 0.29) is 5.41 Å².